The first-order valence-electron chi connectivity index (χ1n) is 6.63. The molecule has 0 amide bonds. The predicted octanol–water partition coefficient (Wildman–Crippen LogP) is 0.896. The summed E-state index contributed by atoms with van der Waals surface area (Å²) in [4.78, 5) is 0. The van der Waals surface area contributed by atoms with Crippen molar-refractivity contribution in [3.8, 4) is 5.75 Å². The molecule has 0 aliphatic heterocycles. The molecule has 0 aliphatic rings. The molecule has 2 aromatic rings. The van der Waals surface area contributed by atoms with Crippen LogP contribution in [0, 0.1) is 5.82 Å². The van der Waals surface area contributed by atoms with Gasteiger partial charge in [-0.25, -0.2) is 4.39 Å². The molecule has 0 spiro atoms. The Labute approximate surface area is 169 Å². The van der Waals surface area contributed by atoms with Gasteiger partial charge >= 0.3 is 58.4 Å². The van der Waals surface area contributed by atoms with Crippen molar-refractivity contribution in [2.24, 2.45) is 0 Å². The number of aryl methyl sites for hydroxylation is 1. The first-order chi connectivity index (χ1) is 9.97. The molecule has 0 saturated carbocycles. The van der Waals surface area contributed by atoms with Gasteiger partial charge in [0.15, 0.2) is 0 Å². The van der Waals surface area contributed by atoms with Gasteiger partial charge in [0.1, 0.15) is 5.82 Å². The third-order valence-corrected chi connectivity index (χ3v) is 3.03. The second-order valence-electron chi connectivity index (χ2n) is 4.69. The van der Waals surface area contributed by atoms with Crippen LogP contribution in [0.15, 0.2) is 48.5 Å². The van der Waals surface area contributed by atoms with Crippen LogP contribution in [0.25, 0.3) is 0 Å². The summed E-state index contributed by atoms with van der Waals surface area (Å²) < 4.78 is 56.6. The average Bonchev–Trinajstić information content (AvgIpc) is 2.45. The van der Waals surface area contributed by atoms with Crippen LogP contribution < -0.4 is 61.6 Å². The Morgan fingerprint density at radius 1 is 0.955 bits per heavy atom. The van der Waals surface area contributed by atoms with Crippen molar-refractivity contribution in [1.82, 2.24) is 0 Å². The van der Waals surface area contributed by atoms with Gasteiger partial charge in [-0.2, -0.15) is 0 Å². The second kappa shape index (κ2) is 9.08. The largest absolute Gasteiger partial charge is 1.00 e. The Morgan fingerprint density at radius 2 is 1.64 bits per heavy atom. The molecule has 112 valence electrons. The van der Waals surface area contributed by atoms with Crippen LogP contribution in [0.1, 0.15) is 12.0 Å². The van der Waals surface area contributed by atoms with Crippen LogP contribution in [-0.4, -0.2) is 13.6 Å². The van der Waals surface area contributed by atoms with E-state index in [4.69, 9.17) is 4.74 Å². The van der Waals surface area contributed by atoms with Gasteiger partial charge < -0.3 is 17.7 Å². The molecular weight excluding hydrogens is 322 g/mol. The van der Waals surface area contributed by atoms with E-state index in [0.29, 0.717) is 18.9 Å². The molecule has 0 aromatic heterocycles. The molecule has 0 unspecified atom stereocenters. The zero-order chi connectivity index (χ0) is 15.3. The molecule has 0 bridgehead atoms. The van der Waals surface area contributed by atoms with E-state index in [1.807, 2.05) is 30.3 Å². The van der Waals surface area contributed by atoms with Gasteiger partial charge in [-0.15, -0.1) is 0 Å². The fraction of sp³-hybridized carbons (Fsp3) is 0.200. The molecule has 0 fully saturated rings. The molecule has 0 N–H and O–H groups in total. The summed E-state index contributed by atoms with van der Waals surface area (Å²) in [6.07, 6.45) is 1.31. The normalized spacial score (nSPS) is 10.9. The summed E-state index contributed by atoms with van der Waals surface area (Å²) in [5.74, 6) is -1.22. The van der Waals surface area contributed by atoms with Gasteiger partial charge in [0.05, 0.1) is 12.4 Å². The van der Waals surface area contributed by atoms with Gasteiger partial charge in [-0.3, -0.25) is 0 Å². The van der Waals surface area contributed by atoms with Gasteiger partial charge in [0.25, 0.3) is 0 Å². The van der Waals surface area contributed by atoms with Crippen molar-refractivity contribution in [3.63, 3.8) is 0 Å². The zero-order valence-corrected chi connectivity index (χ0v) is 15.4. The van der Waals surface area contributed by atoms with E-state index < -0.39 is 18.3 Å². The maximum absolute atomic E-state index is 12.9. The third kappa shape index (κ3) is 6.04. The van der Waals surface area contributed by atoms with E-state index in [-0.39, 0.29) is 63.7 Å². The number of halogens is 4. The molecule has 7 heteroatoms. The molecule has 1 nitrogen and oxygen atoms in total. The van der Waals surface area contributed by atoms with Crippen molar-refractivity contribution in [2.45, 2.75) is 12.8 Å². The topological polar surface area (TPSA) is 9.23 Å². The molecule has 22 heavy (non-hydrogen) atoms. The maximum atomic E-state index is 12.9. The number of benzene rings is 2. The minimum absolute atomic E-state index is 0. The molecule has 2 aromatic carbocycles. The number of hydrogen-bond acceptors (Lipinski definition) is 1. The molecule has 0 atom stereocenters. The number of ether oxygens (including phenoxy) is 1. The monoisotopic (exact) mass is 336 g/mol. The average molecular weight is 336 g/mol. The molecule has 0 radical (unpaired) electrons. The Morgan fingerprint density at radius 3 is 2.27 bits per heavy atom. The Balaban J connectivity index is 0.00000242. The van der Waals surface area contributed by atoms with E-state index in [9.17, 15) is 17.3 Å². The zero-order valence-electron chi connectivity index (χ0n) is 12.2. The third-order valence-electron chi connectivity index (χ3n) is 3.03. The van der Waals surface area contributed by atoms with Crippen LogP contribution >= 0.6 is 0 Å². The van der Waals surface area contributed by atoms with E-state index in [1.54, 1.807) is 0 Å². The SMILES string of the molecule is Fc1ccc(OCCCc2ccccc2)c([B-](F)(F)F)c1.[K+]. The van der Waals surface area contributed by atoms with Crippen LogP contribution in [0.5, 0.6) is 5.75 Å². The molecule has 0 heterocycles. The van der Waals surface area contributed by atoms with Gasteiger partial charge in [-0.1, -0.05) is 35.8 Å². The summed E-state index contributed by atoms with van der Waals surface area (Å²) in [5.41, 5.74) is 0.0789. The summed E-state index contributed by atoms with van der Waals surface area (Å²) in [6, 6.07) is 12.1. The Kier molecular flexibility index (Phi) is 8.13. The van der Waals surface area contributed by atoms with Gasteiger partial charge in [0.2, 0.25) is 0 Å². The number of rotatable bonds is 6. The van der Waals surface area contributed by atoms with Crippen molar-refractivity contribution in [3.05, 3.63) is 59.9 Å². The Hall–Kier alpha value is -0.339. The number of hydrogen-bond donors (Lipinski definition) is 0. The molecule has 0 aliphatic carbocycles. The molecular formula is C15H14BF4KO. The van der Waals surface area contributed by atoms with Crippen molar-refractivity contribution in [2.75, 3.05) is 6.61 Å². The van der Waals surface area contributed by atoms with Crippen LogP contribution in [-0.2, 0) is 6.42 Å². The second-order valence-corrected chi connectivity index (χ2v) is 4.69. The minimum Gasteiger partial charge on any atom is -0.497 e. The molecule has 2 rings (SSSR count). The fourth-order valence-electron chi connectivity index (χ4n) is 2.01. The summed E-state index contributed by atoms with van der Waals surface area (Å²) in [6.45, 7) is -5.14. The summed E-state index contributed by atoms with van der Waals surface area (Å²) in [5, 5.41) is 0. The maximum Gasteiger partial charge on any atom is 1.00 e. The van der Waals surface area contributed by atoms with Crippen LogP contribution in [0.3, 0.4) is 0 Å². The summed E-state index contributed by atoms with van der Waals surface area (Å²) >= 11 is 0. The first-order valence-corrected chi connectivity index (χ1v) is 6.63. The van der Waals surface area contributed by atoms with Crippen LogP contribution in [0.4, 0.5) is 17.3 Å². The molecule has 0 saturated heterocycles. The van der Waals surface area contributed by atoms with Gasteiger partial charge in [0, 0.05) is 0 Å². The predicted molar refractivity (Wildman–Crippen MR) is 75.4 cm³/mol. The fourth-order valence-corrected chi connectivity index (χ4v) is 2.01. The van der Waals surface area contributed by atoms with E-state index in [2.05, 4.69) is 0 Å². The van der Waals surface area contributed by atoms with Crippen molar-refractivity contribution >= 4 is 12.4 Å². The Bertz CT molecular complexity index is 590. The first kappa shape index (κ1) is 19.7. The standard InChI is InChI=1S/C15H14BF4O.K/c17-13-8-9-15(14(11-13)16(18,19)20)21-10-4-7-12-5-2-1-3-6-12;/h1-3,5-6,8-9,11H,4,7,10H2;/q-1;+1. The van der Waals surface area contributed by atoms with E-state index >= 15 is 0 Å². The van der Waals surface area contributed by atoms with Crippen molar-refractivity contribution < 1.29 is 73.5 Å². The van der Waals surface area contributed by atoms with E-state index in [1.165, 1.54) is 0 Å². The smallest absolute Gasteiger partial charge is 0.497 e. The van der Waals surface area contributed by atoms with Crippen LogP contribution in [0.2, 0.25) is 0 Å². The minimum atomic E-state index is -5.29. The summed E-state index contributed by atoms with van der Waals surface area (Å²) in [7, 11) is 0. The van der Waals surface area contributed by atoms with Gasteiger partial charge in [-0.05, 0) is 36.6 Å². The van der Waals surface area contributed by atoms with Crippen molar-refractivity contribution in [1.29, 1.82) is 0 Å². The van der Waals surface area contributed by atoms with E-state index in [0.717, 1.165) is 17.7 Å². The quantitative estimate of drug-likeness (QED) is 0.433.